The lowest BCUT2D eigenvalue weighted by Gasteiger charge is -2.01. The molecule has 0 amide bonds. The van der Waals surface area contributed by atoms with Gasteiger partial charge in [0.05, 0.1) is 34.8 Å². The molecular weight excluding hydrogens is 346 g/mol. The first-order valence-electron chi connectivity index (χ1n) is 7.12. The Morgan fingerprint density at radius 2 is 2.13 bits per heavy atom. The van der Waals surface area contributed by atoms with E-state index in [0.29, 0.717) is 13.2 Å². The molecule has 3 aromatic heterocycles. The highest BCUT2D eigenvalue weighted by molar-refractivity contribution is 7.14. The molecule has 4 nitrogen and oxygen atoms in total. The van der Waals surface area contributed by atoms with Crippen molar-refractivity contribution in [3.05, 3.63) is 49.6 Å². The average Bonchev–Trinajstić information content (AvgIpc) is 3.26. The second-order valence-electron chi connectivity index (χ2n) is 4.78. The number of ether oxygens (including phenoxy) is 1. The standard InChI is InChI=1S/C16H17N3OS3/c1-12-5-9-22-15(12)10-18-19-13(14-4-3-8-21-14)11-23-16(19)17-6-7-20-2/h3-5,8-11H,6-7H2,1-2H3/b17-16?,18-10+. The third-order valence-corrected chi connectivity index (χ3v) is 5.89. The van der Waals surface area contributed by atoms with Crippen molar-refractivity contribution in [2.45, 2.75) is 6.92 Å². The number of methoxy groups -OCH3 is 1. The summed E-state index contributed by atoms with van der Waals surface area (Å²) in [4.78, 5) is 7.84. The van der Waals surface area contributed by atoms with Crippen LogP contribution in [0.4, 0.5) is 0 Å². The summed E-state index contributed by atoms with van der Waals surface area (Å²) < 4.78 is 7.01. The molecule has 0 aliphatic rings. The Balaban J connectivity index is 2.01. The van der Waals surface area contributed by atoms with Crippen molar-refractivity contribution in [3.8, 4) is 10.6 Å². The monoisotopic (exact) mass is 363 g/mol. The van der Waals surface area contributed by atoms with E-state index in [2.05, 4.69) is 51.4 Å². The summed E-state index contributed by atoms with van der Waals surface area (Å²) in [5.41, 5.74) is 2.32. The highest BCUT2D eigenvalue weighted by Crippen LogP contribution is 2.25. The first-order chi connectivity index (χ1) is 11.3. The van der Waals surface area contributed by atoms with Gasteiger partial charge in [-0.05, 0) is 35.4 Å². The third kappa shape index (κ3) is 3.87. The number of thiophene rings is 2. The van der Waals surface area contributed by atoms with Crippen LogP contribution in [0, 0.1) is 6.92 Å². The van der Waals surface area contributed by atoms with Crippen LogP contribution in [0.2, 0.25) is 0 Å². The highest BCUT2D eigenvalue weighted by atomic mass is 32.1. The highest BCUT2D eigenvalue weighted by Gasteiger charge is 2.08. The number of hydrogen-bond acceptors (Lipinski definition) is 6. The third-order valence-electron chi connectivity index (χ3n) is 3.19. The molecule has 0 saturated carbocycles. The Bertz CT molecular complexity index is 840. The van der Waals surface area contributed by atoms with Crippen LogP contribution in [0.1, 0.15) is 10.4 Å². The zero-order valence-corrected chi connectivity index (χ0v) is 15.4. The van der Waals surface area contributed by atoms with Gasteiger partial charge in [-0.3, -0.25) is 4.99 Å². The summed E-state index contributed by atoms with van der Waals surface area (Å²) in [6, 6.07) is 6.26. The molecule has 0 N–H and O–H groups in total. The number of nitrogens with zero attached hydrogens (tertiary/aromatic N) is 3. The van der Waals surface area contributed by atoms with E-state index < -0.39 is 0 Å². The Labute approximate surface area is 147 Å². The molecule has 0 fully saturated rings. The summed E-state index contributed by atoms with van der Waals surface area (Å²) >= 11 is 5.00. The first kappa shape index (κ1) is 16.3. The smallest absolute Gasteiger partial charge is 0.206 e. The zero-order valence-electron chi connectivity index (χ0n) is 12.9. The Morgan fingerprint density at radius 3 is 2.83 bits per heavy atom. The summed E-state index contributed by atoms with van der Waals surface area (Å²) in [5, 5.41) is 11.0. The predicted octanol–water partition coefficient (Wildman–Crippen LogP) is 4.08. The molecule has 0 aromatic carbocycles. The Morgan fingerprint density at radius 1 is 1.22 bits per heavy atom. The second kappa shape index (κ2) is 7.83. The van der Waals surface area contributed by atoms with E-state index in [4.69, 9.17) is 4.74 Å². The van der Waals surface area contributed by atoms with Crippen molar-refractivity contribution in [1.29, 1.82) is 0 Å². The summed E-state index contributed by atoms with van der Waals surface area (Å²) in [7, 11) is 1.69. The second-order valence-corrected chi connectivity index (χ2v) is 7.51. The van der Waals surface area contributed by atoms with Gasteiger partial charge >= 0.3 is 0 Å². The van der Waals surface area contributed by atoms with E-state index in [0.717, 1.165) is 10.5 Å². The van der Waals surface area contributed by atoms with Crippen LogP contribution >= 0.6 is 34.0 Å². The molecule has 0 radical (unpaired) electrons. The van der Waals surface area contributed by atoms with Crippen LogP contribution in [-0.4, -0.2) is 31.2 Å². The van der Waals surface area contributed by atoms with Gasteiger partial charge in [0.25, 0.3) is 0 Å². The lowest BCUT2D eigenvalue weighted by molar-refractivity contribution is 0.207. The van der Waals surface area contributed by atoms with Crippen molar-refractivity contribution in [2.75, 3.05) is 20.3 Å². The fourth-order valence-electron chi connectivity index (χ4n) is 1.97. The predicted molar refractivity (Wildman–Crippen MR) is 100.0 cm³/mol. The SMILES string of the molecule is COCCN=c1scc(-c2cccs2)n1/N=C/c1sccc1C. The van der Waals surface area contributed by atoms with Gasteiger partial charge in [-0.1, -0.05) is 6.07 Å². The molecule has 7 heteroatoms. The zero-order chi connectivity index (χ0) is 16.1. The van der Waals surface area contributed by atoms with Gasteiger partial charge < -0.3 is 4.74 Å². The maximum atomic E-state index is 5.08. The van der Waals surface area contributed by atoms with E-state index in [-0.39, 0.29) is 0 Å². The summed E-state index contributed by atoms with van der Waals surface area (Å²) in [6.07, 6.45) is 1.92. The molecule has 0 atom stereocenters. The van der Waals surface area contributed by atoms with Crippen LogP contribution in [0.3, 0.4) is 0 Å². The van der Waals surface area contributed by atoms with E-state index >= 15 is 0 Å². The maximum absolute atomic E-state index is 5.08. The minimum Gasteiger partial charge on any atom is -0.383 e. The molecule has 0 unspecified atom stereocenters. The fourth-order valence-corrected chi connectivity index (χ4v) is 4.41. The molecular formula is C16H17N3OS3. The van der Waals surface area contributed by atoms with Crippen LogP contribution in [0.5, 0.6) is 0 Å². The Hall–Kier alpha value is -1.54. The molecule has 3 heterocycles. The van der Waals surface area contributed by atoms with Crippen molar-refractivity contribution >= 4 is 40.2 Å². The van der Waals surface area contributed by atoms with Crippen LogP contribution < -0.4 is 4.80 Å². The molecule has 0 saturated heterocycles. The lowest BCUT2D eigenvalue weighted by atomic mass is 10.3. The lowest BCUT2D eigenvalue weighted by Crippen LogP contribution is -2.13. The van der Waals surface area contributed by atoms with Gasteiger partial charge in [-0.2, -0.15) is 5.10 Å². The first-order valence-corrected chi connectivity index (χ1v) is 9.76. The van der Waals surface area contributed by atoms with Gasteiger partial charge in [0.1, 0.15) is 0 Å². The molecule has 3 aromatic rings. The summed E-state index contributed by atoms with van der Waals surface area (Å²) in [5.74, 6) is 0. The number of hydrogen-bond donors (Lipinski definition) is 0. The van der Waals surface area contributed by atoms with Crippen molar-refractivity contribution < 1.29 is 4.74 Å². The van der Waals surface area contributed by atoms with Crippen LogP contribution in [-0.2, 0) is 4.74 Å². The number of rotatable bonds is 6. The molecule has 0 spiro atoms. The molecule has 0 bridgehead atoms. The maximum Gasteiger partial charge on any atom is 0.206 e. The topological polar surface area (TPSA) is 38.9 Å². The van der Waals surface area contributed by atoms with Gasteiger partial charge in [-0.25, -0.2) is 4.68 Å². The number of aromatic nitrogens is 1. The average molecular weight is 364 g/mol. The van der Waals surface area contributed by atoms with Crippen LogP contribution in [0.25, 0.3) is 10.6 Å². The molecule has 0 aliphatic carbocycles. The van der Waals surface area contributed by atoms with E-state index in [1.165, 1.54) is 15.3 Å². The van der Waals surface area contributed by atoms with E-state index in [1.807, 2.05) is 10.9 Å². The number of aryl methyl sites for hydroxylation is 1. The van der Waals surface area contributed by atoms with Crippen molar-refractivity contribution in [1.82, 2.24) is 4.68 Å². The minimum absolute atomic E-state index is 0.611. The Kier molecular flexibility index (Phi) is 5.56. The number of thiazole rings is 1. The van der Waals surface area contributed by atoms with Crippen molar-refractivity contribution in [3.63, 3.8) is 0 Å². The minimum atomic E-state index is 0.611. The normalized spacial score (nSPS) is 12.5. The van der Waals surface area contributed by atoms with E-state index in [9.17, 15) is 0 Å². The summed E-state index contributed by atoms with van der Waals surface area (Å²) in [6.45, 7) is 3.34. The quantitative estimate of drug-likeness (QED) is 0.480. The van der Waals surface area contributed by atoms with Crippen LogP contribution in [0.15, 0.2) is 44.4 Å². The van der Waals surface area contributed by atoms with Crippen molar-refractivity contribution in [2.24, 2.45) is 10.1 Å². The molecule has 3 rings (SSSR count). The van der Waals surface area contributed by atoms with Gasteiger partial charge in [0, 0.05) is 12.5 Å². The van der Waals surface area contributed by atoms with Gasteiger partial charge in [0.15, 0.2) is 0 Å². The fraction of sp³-hybridized carbons (Fsp3) is 0.250. The largest absolute Gasteiger partial charge is 0.383 e. The molecule has 23 heavy (non-hydrogen) atoms. The van der Waals surface area contributed by atoms with Gasteiger partial charge in [-0.15, -0.1) is 34.0 Å². The molecule has 120 valence electrons. The molecule has 0 aliphatic heterocycles. The van der Waals surface area contributed by atoms with E-state index in [1.54, 1.807) is 41.1 Å². The van der Waals surface area contributed by atoms with Gasteiger partial charge in [0.2, 0.25) is 4.80 Å².